The van der Waals surface area contributed by atoms with E-state index < -0.39 is 7.32 Å². The van der Waals surface area contributed by atoms with Crippen molar-refractivity contribution in [3.05, 3.63) is 24.5 Å². The molecule has 1 heterocycles. The van der Waals surface area contributed by atoms with Gasteiger partial charge in [-0.3, -0.25) is 0 Å². The summed E-state index contributed by atoms with van der Waals surface area (Å²) in [5.74, 6) is 0. The molecule has 0 radical (unpaired) electrons. The number of rotatable bonds is 0. The average Bonchev–Trinajstić information content (AvgIpc) is 1.90. The summed E-state index contributed by atoms with van der Waals surface area (Å²) in [5.41, 5.74) is 0. The highest BCUT2D eigenvalue weighted by Gasteiger charge is 1.92. The Kier molecular flexibility index (Phi) is 5.85. The van der Waals surface area contributed by atoms with Gasteiger partial charge in [0, 0.05) is 0 Å². The Labute approximate surface area is 59.2 Å². The van der Waals surface area contributed by atoms with Crippen molar-refractivity contribution in [3.8, 4) is 0 Å². The molecule has 0 bridgehead atoms. The van der Waals surface area contributed by atoms with E-state index in [1.54, 1.807) is 6.26 Å². The summed E-state index contributed by atoms with van der Waals surface area (Å²) < 4.78 is 4.80. The first kappa shape index (κ1) is 9.22. The van der Waals surface area contributed by atoms with Crippen LogP contribution in [0.1, 0.15) is 0 Å². The van der Waals surface area contributed by atoms with Crippen LogP contribution in [0.2, 0.25) is 0 Å². The highest BCUT2D eigenvalue weighted by molar-refractivity contribution is 6.30. The molecule has 0 unspecified atom stereocenters. The lowest BCUT2D eigenvalue weighted by atomic mass is 10.3. The van der Waals surface area contributed by atoms with E-state index in [0.717, 1.165) is 6.61 Å². The van der Waals surface area contributed by atoms with Gasteiger partial charge in [-0.2, -0.15) is 0 Å². The fraction of sp³-hybridized carbons (Fsp3) is 0.200. The van der Waals surface area contributed by atoms with E-state index >= 15 is 0 Å². The Morgan fingerprint density at radius 3 is 1.90 bits per heavy atom. The molecule has 0 saturated carbocycles. The molecule has 5 heteroatoms. The summed E-state index contributed by atoms with van der Waals surface area (Å²) in [7, 11) is -2.17. The van der Waals surface area contributed by atoms with Gasteiger partial charge in [0.2, 0.25) is 0 Å². The van der Waals surface area contributed by atoms with Crippen molar-refractivity contribution in [2.24, 2.45) is 0 Å². The van der Waals surface area contributed by atoms with Gasteiger partial charge < -0.3 is 19.8 Å². The molecule has 0 amide bonds. The Hall–Kier alpha value is -0.775. The summed E-state index contributed by atoms with van der Waals surface area (Å²) in [6.45, 7) is 0.733. The van der Waals surface area contributed by atoms with Gasteiger partial charge in [-0.15, -0.1) is 0 Å². The van der Waals surface area contributed by atoms with Gasteiger partial charge in [0.15, 0.2) is 0 Å². The van der Waals surface area contributed by atoms with Crippen LogP contribution in [0.3, 0.4) is 0 Å². The molecule has 1 aliphatic rings. The van der Waals surface area contributed by atoms with Gasteiger partial charge >= 0.3 is 7.32 Å². The molecular weight excluding hydrogens is 135 g/mol. The third-order valence-electron chi connectivity index (χ3n) is 0.614. The average molecular weight is 144 g/mol. The van der Waals surface area contributed by atoms with Crippen molar-refractivity contribution in [2.45, 2.75) is 0 Å². The second kappa shape index (κ2) is 6.35. The molecule has 0 atom stereocenters. The van der Waals surface area contributed by atoms with Gasteiger partial charge in [-0.05, 0) is 12.2 Å². The van der Waals surface area contributed by atoms with E-state index in [2.05, 4.69) is 0 Å². The van der Waals surface area contributed by atoms with Crippen LogP contribution in [0.5, 0.6) is 0 Å². The maximum Gasteiger partial charge on any atom is 0.631 e. The van der Waals surface area contributed by atoms with Gasteiger partial charge in [-0.25, -0.2) is 0 Å². The van der Waals surface area contributed by atoms with Gasteiger partial charge in [-0.1, -0.05) is 6.08 Å². The zero-order valence-electron chi connectivity index (χ0n) is 5.34. The van der Waals surface area contributed by atoms with Gasteiger partial charge in [0.25, 0.3) is 0 Å². The molecule has 1 aliphatic heterocycles. The summed E-state index contributed by atoms with van der Waals surface area (Å²) in [6.07, 6.45) is 7.47. The summed E-state index contributed by atoms with van der Waals surface area (Å²) in [6, 6.07) is 0. The van der Waals surface area contributed by atoms with Crippen molar-refractivity contribution < 1.29 is 19.8 Å². The molecular formula is C5H9BO4. The van der Waals surface area contributed by atoms with Crippen molar-refractivity contribution >= 4 is 7.32 Å². The first-order chi connectivity index (χ1) is 4.73. The molecule has 56 valence electrons. The van der Waals surface area contributed by atoms with E-state index in [4.69, 9.17) is 19.8 Å². The SMILES string of the molecule is C1=CCOC=C1.OB(O)O. The molecule has 10 heavy (non-hydrogen) atoms. The smallest absolute Gasteiger partial charge is 0.497 e. The van der Waals surface area contributed by atoms with Crippen molar-refractivity contribution in [1.82, 2.24) is 0 Å². The largest absolute Gasteiger partial charge is 0.631 e. The quantitative estimate of drug-likeness (QED) is 0.382. The molecule has 0 aromatic rings. The number of hydrogen-bond acceptors (Lipinski definition) is 4. The number of ether oxygens (including phenoxy) is 1. The number of allylic oxidation sites excluding steroid dienone is 2. The second-order valence-electron chi connectivity index (χ2n) is 1.44. The Balaban J connectivity index is 0.000000180. The third-order valence-corrected chi connectivity index (χ3v) is 0.614. The fourth-order valence-electron chi connectivity index (χ4n) is 0.346. The van der Waals surface area contributed by atoms with Crippen LogP contribution in [0, 0.1) is 0 Å². The van der Waals surface area contributed by atoms with Crippen LogP contribution in [0.15, 0.2) is 24.5 Å². The highest BCUT2D eigenvalue weighted by atomic mass is 16.5. The Morgan fingerprint density at radius 1 is 1.20 bits per heavy atom. The Morgan fingerprint density at radius 2 is 1.80 bits per heavy atom. The summed E-state index contributed by atoms with van der Waals surface area (Å²) in [5, 5.41) is 21.5. The lowest BCUT2D eigenvalue weighted by Crippen LogP contribution is -2.07. The van der Waals surface area contributed by atoms with E-state index in [1.807, 2.05) is 18.2 Å². The van der Waals surface area contributed by atoms with Gasteiger partial charge in [0.05, 0.1) is 6.26 Å². The zero-order chi connectivity index (χ0) is 7.82. The molecule has 4 nitrogen and oxygen atoms in total. The minimum atomic E-state index is -2.17. The standard InChI is InChI=1S/C5H6O.BH3O3/c1-2-4-6-5-3-1;2-1(3)4/h1-4H,5H2;2-4H. The predicted molar refractivity (Wildman–Crippen MR) is 36.6 cm³/mol. The molecule has 1 rings (SSSR count). The Bertz CT molecular complexity index is 106. The molecule has 0 saturated heterocycles. The fourth-order valence-corrected chi connectivity index (χ4v) is 0.346. The molecule has 0 aromatic heterocycles. The van der Waals surface area contributed by atoms with Crippen molar-refractivity contribution in [3.63, 3.8) is 0 Å². The van der Waals surface area contributed by atoms with E-state index in [-0.39, 0.29) is 0 Å². The minimum absolute atomic E-state index is 0.733. The highest BCUT2D eigenvalue weighted by Crippen LogP contribution is 1.87. The van der Waals surface area contributed by atoms with E-state index in [1.165, 1.54) is 0 Å². The first-order valence-corrected chi connectivity index (χ1v) is 2.71. The summed E-state index contributed by atoms with van der Waals surface area (Å²) in [4.78, 5) is 0. The molecule has 0 spiro atoms. The van der Waals surface area contributed by atoms with Crippen molar-refractivity contribution in [2.75, 3.05) is 6.61 Å². The molecule has 0 fully saturated rings. The maximum atomic E-state index is 7.17. The molecule has 0 aliphatic carbocycles. The summed E-state index contributed by atoms with van der Waals surface area (Å²) >= 11 is 0. The van der Waals surface area contributed by atoms with Crippen LogP contribution in [-0.2, 0) is 4.74 Å². The monoisotopic (exact) mass is 144 g/mol. The van der Waals surface area contributed by atoms with Crippen LogP contribution in [-0.4, -0.2) is 29.0 Å². The molecule has 0 aromatic carbocycles. The predicted octanol–water partition coefficient (Wildman–Crippen LogP) is -0.965. The normalized spacial score (nSPS) is 13.1. The lowest BCUT2D eigenvalue weighted by Gasteiger charge is -1.94. The molecule has 3 N–H and O–H groups in total. The van der Waals surface area contributed by atoms with Crippen LogP contribution in [0.25, 0.3) is 0 Å². The maximum absolute atomic E-state index is 7.17. The first-order valence-electron chi connectivity index (χ1n) is 2.71. The van der Waals surface area contributed by atoms with Gasteiger partial charge in [0.1, 0.15) is 6.61 Å². The second-order valence-corrected chi connectivity index (χ2v) is 1.44. The zero-order valence-corrected chi connectivity index (χ0v) is 5.34. The van der Waals surface area contributed by atoms with Crippen LogP contribution < -0.4 is 0 Å². The lowest BCUT2D eigenvalue weighted by molar-refractivity contribution is 0.278. The van der Waals surface area contributed by atoms with E-state index in [9.17, 15) is 0 Å². The third kappa shape index (κ3) is 10.3. The van der Waals surface area contributed by atoms with E-state index in [0.29, 0.717) is 0 Å². The number of hydrogen-bond donors (Lipinski definition) is 3. The van der Waals surface area contributed by atoms with Crippen LogP contribution >= 0.6 is 0 Å². The minimum Gasteiger partial charge on any atom is -0.497 e. The topological polar surface area (TPSA) is 69.9 Å². The van der Waals surface area contributed by atoms with Crippen LogP contribution in [0.4, 0.5) is 0 Å². The van der Waals surface area contributed by atoms with Crippen molar-refractivity contribution in [1.29, 1.82) is 0 Å².